The third-order valence-electron chi connectivity index (χ3n) is 1.36. The second-order valence-corrected chi connectivity index (χ2v) is 4.78. The highest BCUT2D eigenvalue weighted by atomic mass is 127. The molecule has 2 aromatic heterocycles. The minimum Gasteiger partial charge on any atom is -0.275 e. The van der Waals surface area contributed by atoms with Gasteiger partial charge in [-0.25, -0.2) is 4.98 Å². The molecule has 0 aliphatic rings. The van der Waals surface area contributed by atoms with Crippen LogP contribution in [0.5, 0.6) is 0 Å². The average Bonchev–Trinajstić information content (AvgIpc) is 2.58. The van der Waals surface area contributed by atoms with E-state index in [-0.39, 0.29) is 0 Å². The summed E-state index contributed by atoms with van der Waals surface area (Å²) >= 11 is 3.55. The molecule has 0 fully saturated rings. The monoisotopic (exact) mass is 292 g/mol. The molecule has 0 bridgehead atoms. The lowest BCUT2D eigenvalue weighted by molar-refractivity contribution is 0.768. The third kappa shape index (κ3) is 1.48. The molecule has 12 heavy (non-hydrogen) atoms. The van der Waals surface area contributed by atoms with E-state index in [0.29, 0.717) is 0 Å². The van der Waals surface area contributed by atoms with E-state index in [9.17, 15) is 0 Å². The van der Waals surface area contributed by atoms with Crippen molar-refractivity contribution in [3.8, 4) is 11.4 Å². The molecule has 0 aliphatic heterocycles. The van der Waals surface area contributed by atoms with Crippen LogP contribution in [-0.4, -0.2) is 19.1 Å². The first kappa shape index (κ1) is 8.11. The molecule has 4 nitrogen and oxygen atoms in total. The Balaban J connectivity index is 2.43. The van der Waals surface area contributed by atoms with E-state index < -0.39 is 0 Å². The first-order chi connectivity index (χ1) is 5.75. The molecular weight excluding hydrogens is 287 g/mol. The highest BCUT2D eigenvalue weighted by molar-refractivity contribution is 14.1. The molecule has 0 aliphatic carbocycles. The van der Waals surface area contributed by atoms with E-state index in [1.165, 1.54) is 11.5 Å². The molecule has 6 heteroatoms. The largest absolute Gasteiger partial charge is 0.275 e. The number of aryl methyl sites for hydroxylation is 1. The van der Waals surface area contributed by atoms with E-state index in [1.54, 1.807) is 10.9 Å². The number of rotatable bonds is 1. The summed E-state index contributed by atoms with van der Waals surface area (Å²) in [6.07, 6.45) is 3.66. The molecule has 0 atom stereocenters. The summed E-state index contributed by atoms with van der Waals surface area (Å²) in [6.45, 7) is 0. The number of hydrogen-bond donors (Lipinski definition) is 0. The average molecular weight is 292 g/mol. The first-order valence-electron chi connectivity index (χ1n) is 3.24. The summed E-state index contributed by atoms with van der Waals surface area (Å²) in [5, 5.41) is 4.04. The molecule has 0 amide bonds. The Morgan fingerprint density at radius 2 is 2.42 bits per heavy atom. The fourth-order valence-corrected chi connectivity index (χ4v) is 1.82. The van der Waals surface area contributed by atoms with Crippen LogP contribution in [0.1, 0.15) is 0 Å². The van der Waals surface area contributed by atoms with Gasteiger partial charge in [0, 0.05) is 13.2 Å². The van der Waals surface area contributed by atoms with Crippen molar-refractivity contribution in [3.63, 3.8) is 0 Å². The maximum Gasteiger partial charge on any atom is 0.177 e. The van der Waals surface area contributed by atoms with Gasteiger partial charge >= 0.3 is 0 Å². The fourth-order valence-electron chi connectivity index (χ4n) is 0.859. The molecule has 0 aromatic carbocycles. The van der Waals surface area contributed by atoms with Crippen molar-refractivity contribution < 1.29 is 0 Å². The second-order valence-electron chi connectivity index (χ2n) is 2.27. The summed E-state index contributed by atoms with van der Waals surface area (Å²) in [5.41, 5.74) is 0.969. The Bertz CT molecular complexity index is 355. The summed E-state index contributed by atoms with van der Waals surface area (Å²) < 4.78 is 6.86. The van der Waals surface area contributed by atoms with Gasteiger partial charge < -0.3 is 0 Å². The molecule has 0 saturated heterocycles. The van der Waals surface area contributed by atoms with Gasteiger partial charge in [0.2, 0.25) is 0 Å². The van der Waals surface area contributed by atoms with Crippen molar-refractivity contribution in [3.05, 3.63) is 15.4 Å². The number of nitrogens with zero attached hydrogens (tertiary/aromatic N) is 4. The Labute approximate surface area is 86.9 Å². The van der Waals surface area contributed by atoms with Crippen molar-refractivity contribution in [2.75, 3.05) is 0 Å². The molecule has 0 radical (unpaired) electrons. The SMILES string of the molecule is Cn1cc(-c2nsc(I)n2)cn1. The van der Waals surface area contributed by atoms with Crippen LogP contribution in [0.3, 0.4) is 0 Å². The van der Waals surface area contributed by atoms with Crippen LogP contribution in [0.15, 0.2) is 12.4 Å². The summed E-state index contributed by atoms with van der Waals surface area (Å²) in [4.78, 5) is 4.23. The van der Waals surface area contributed by atoms with Gasteiger partial charge in [-0.3, -0.25) is 4.68 Å². The summed E-state index contributed by atoms with van der Waals surface area (Å²) in [6, 6.07) is 0. The smallest absolute Gasteiger partial charge is 0.177 e. The van der Waals surface area contributed by atoms with Gasteiger partial charge in [0.15, 0.2) is 8.84 Å². The van der Waals surface area contributed by atoms with E-state index >= 15 is 0 Å². The van der Waals surface area contributed by atoms with Crippen LogP contribution in [-0.2, 0) is 7.05 Å². The van der Waals surface area contributed by atoms with Gasteiger partial charge in [-0.15, -0.1) is 0 Å². The molecular formula is C6H5IN4S. The van der Waals surface area contributed by atoms with Crippen LogP contribution in [0.4, 0.5) is 0 Å². The highest BCUT2D eigenvalue weighted by Gasteiger charge is 2.05. The summed E-state index contributed by atoms with van der Waals surface area (Å²) in [5.74, 6) is 0.762. The van der Waals surface area contributed by atoms with Gasteiger partial charge in [0.25, 0.3) is 0 Å². The number of halogens is 1. The Morgan fingerprint density at radius 1 is 1.58 bits per heavy atom. The normalized spacial score (nSPS) is 10.5. The van der Waals surface area contributed by atoms with Crippen molar-refractivity contribution in [2.24, 2.45) is 7.05 Å². The molecule has 0 unspecified atom stereocenters. The lowest BCUT2D eigenvalue weighted by Crippen LogP contribution is -1.84. The van der Waals surface area contributed by atoms with E-state index in [1.807, 2.05) is 13.2 Å². The van der Waals surface area contributed by atoms with Crippen LogP contribution in [0.25, 0.3) is 11.4 Å². The molecule has 2 heterocycles. The lowest BCUT2D eigenvalue weighted by atomic mass is 10.3. The first-order valence-corrected chi connectivity index (χ1v) is 5.09. The quantitative estimate of drug-likeness (QED) is 0.749. The minimum absolute atomic E-state index is 0.762. The van der Waals surface area contributed by atoms with Crippen LogP contribution in [0.2, 0.25) is 0 Å². The molecule has 2 rings (SSSR count). The number of aromatic nitrogens is 4. The van der Waals surface area contributed by atoms with Gasteiger partial charge in [0.1, 0.15) is 0 Å². The lowest BCUT2D eigenvalue weighted by Gasteiger charge is -1.83. The van der Waals surface area contributed by atoms with Gasteiger partial charge in [-0.2, -0.15) is 9.47 Å². The predicted octanol–water partition coefficient (Wildman–Crippen LogP) is 1.54. The zero-order valence-corrected chi connectivity index (χ0v) is 9.20. The highest BCUT2D eigenvalue weighted by Crippen LogP contribution is 2.17. The molecule has 2 aromatic rings. The van der Waals surface area contributed by atoms with Crippen molar-refractivity contribution in [1.82, 2.24) is 19.1 Å². The molecule has 0 spiro atoms. The standard InChI is InChI=1S/C6H5IN4S/c1-11-3-4(2-8-11)5-9-6(7)12-10-5/h2-3H,1H3. The second kappa shape index (κ2) is 3.09. The molecule has 62 valence electrons. The maximum atomic E-state index is 4.23. The van der Waals surface area contributed by atoms with Crippen molar-refractivity contribution >= 4 is 34.1 Å². The Hall–Kier alpha value is -0.500. The predicted molar refractivity (Wildman–Crippen MR) is 54.8 cm³/mol. The van der Waals surface area contributed by atoms with Gasteiger partial charge in [-0.05, 0) is 34.1 Å². The Kier molecular flexibility index (Phi) is 2.09. The molecule has 0 N–H and O–H groups in total. The van der Waals surface area contributed by atoms with E-state index in [4.69, 9.17) is 0 Å². The molecule has 0 saturated carbocycles. The zero-order chi connectivity index (χ0) is 8.55. The fraction of sp³-hybridized carbons (Fsp3) is 0.167. The van der Waals surface area contributed by atoms with Gasteiger partial charge in [0.05, 0.1) is 11.8 Å². The van der Waals surface area contributed by atoms with Gasteiger partial charge in [-0.1, -0.05) is 0 Å². The summed E-state index contributed by atoms with van der Waals surface area (Å²) in [7, 11) is 1.88. The maximum absolute atomic E-state index is 4.23. The van der Waals surface area contributed by atoms with Crippen molar-refractivity contribution in [1.29, 1.82) is 0 Å². The third-order valence-corrected chi connectivity index (χ3v) is 2.70. The zero-order valence-electron chi connectivity index (χ0n) is 6.23. The van der Waals surface area contributed by atoms with E-state index in [2.05, 4.69) is 37.0 Å². The number of hydrogen-bond acceptors (Lipinski definition) is 4. The Morgan fingerprint density at radius 3 is 2.92 bits per heavy atom. The van der Waals surface area contributed by atoms with Crippen LogP contribution >= 0.6 is 34.1 Å². The topological polar surface area (TPSA) is 43.6 Å². The van der Waals surface area contributed by atoms with E-state index in [0.717, 1.165) is 14.4 Å². The van der Waals surface area contributed by atoms with Crippen LogP contribution in [0, 0.1) is 3.01 Å². The van der Waals surface area contributed by atoms with Crippen molar-refractivity contribution in [2.45, 2.75) is 0 Å². The minimum atomic E-state index is 0.762. The van der Waals surface area contributed by atoms with Crippen LogP contribution < -0.4 is 0 Å².